The molecule has 0 N–H and O–H groups in total. The van der Waals surface area contributed by atoms with Crippen LogP contribution in [0.15, 0.2) is 22.7 Å². The van der Waals surface area contributed by atoms with Gasteiger partial charge in [-0.3, -0.25) is 0 Å². The number of benzene rings is 1. The molecule has 1 heterocycles. The molecule has 0 spiro atoms. The fourth-order valence-corrected chi connectivity index (χ4v) is 2.28. The summed E-state index contributed by atoms with van der Waals surface area (Å²) in [6.07, 6.45) is 3.36. The zero-order valence-corrected chi connectivity index (χ0v) is 11.1. The van der Waals surface area contributed by atoms with Gasteiger partial charge < -0.3 is 9.47 Å². The molecule has 0 bridgehead atoms. The van der Waals surface area contributed by atoms with Crippen LogP contribution in [0.2, 0.25) is 0 Å². The lowest BCUT2D eigenvalue weighted by atomic mass is 10.1. The van der Waals surface area contributed by atoms with Crippen molar-refractivity contribution in [2.24, 2.45) is 0 Å². The van der Waals surface area contributed by atoms with Crippen molar-refractivity contribution in [2.75, 3.05) is 13.2 Å². The van der Waals surface area contributed by atoms with Crippen molar-refractivity contribution in [1.82, 2.24) is 0 Å². The molecule has 0 aliphatic carbocycles. The van der Waals surface area contributed by atoms with Crippen LogP contribution in [0.3, 0.4) is 0 Å². The maximum absolute atomic E-state index is 5.88. The van der Waals surface area contributed by atoms with E-state index < -0.39 is 0 Å². The highest BCUT2D eigenvalue weighted by atomic mass is 79.9. The molecular formula is C13H17BrO2. The minimum Gasteiger partial charge on any atom is -0.493 e. The molecule has 88 valence electrons. The summed E-state index contributed by atoms with van der Waals surface area (Å²) >= 11 is 3.47. The minimum absolute atomic E-state index is 0.200. The lowest BCUT2D eigenvalue weighted by Gasteiger charge is -2.17. The molecule has 0 saturated heterocycles. The summed E-state index contributed by atoms with van der Waals surface area (Å²) in [5.41, 5.74) is 1.19. The van der Waals surface area contributed by atoms with E-state index in [0.717, 1.165) is 42.7 Å². The SMILES string of the molecule is CCCOC1CCCOc2cc(Br)ccc21. The molecule has 2 nitrogen and oxygen atoms in total. The number of rotatable bonds is 3. The second-order valence-electron chi connectivity index (χ2n) is 4.03. The largest absolute Gasteiger partial charge is 0.493 e. The molecule has 0 amide bonds. The standard InChI is InChI=1S/C13H17BrO2/c1-2-7-15-12-4-3-8-16-13-9-10(14)5-6-11(12)13/h5-6,9,12H,2-4,7-8H2,1H3. The monoisotopic (exact) mass is 284 g/mol. The van der Waals surface area contributed by atoms with Gasteiger partial charge in [-0.2, -0.15) is 0 Å². The number of hydrogen-bond donors (Lipinski definition) is 0. The third-order valence-corrected chi connectivity index (χ3v) is 3.21. The van der Waals surface area contributed by atoms with Gasteiger partial charge in [0.2, 0.25) is 0 Å². The lowest BCUT2D eigenvalue weighted by Crippen LogP contribution is -2.04. The Hall–Kier alpha value is -0.540. The Balaban J connectivity index is 2.22. The molecule has 0 fully saturated rings. The van der Waals surface area contributed by atoms with Crippen molar-refractivity contribution in [1.29, 1.82) is 0 Å². The summed E-state index contributed by atoms with van der Waals surface area (Å²) < 4.78 is 12.7. The average Bonchev–Trinajstić information content (AvgIpc) is 2.48. The fraction of sp³-hybridized carbons (Fsp3) is 0.538. The van der Waals surface area contributed by atoms with Crippen molar-refractivity contribution >= 4 is 15.9 Å². The second-order valence-corrected chi connectivity index (χ2v) is 4.95. The highest BCUT2D eigenvalue weighted by molar-refractivity contribution is 9.10. The number of fused-ring (bicyclic) bond motifs is 1. The molecule has 0 aromatic heterocycles. The highest BCUT2D eigenvalue weighted by Crippen LogP contribution is 2.35. The summed E-state index contributed by atoms with van der Waals surface area (Å²) in [4.78, 5) is 0. The topological polar surface area (TPSA) is 18.5 Å². The van der Waals surface area contributed by atoms with E-state index in [4.69, 9.17) is 9.47 Å². The van der Waals surface area contributed by atoms with Crippen LogP contribution in [0.25, 0.3) is 0 Å². The van der Waals surface area contributed by atoms with Crippen molar-refractivity contribution in [3.05, 3.63) is 28.2 Å². The minimum atomic E-state index is 0.200. The zero-order valence-electron chi connectivity index (χ0n) is 9.54. The van der Waals surface area contributed by atoms with E-state index >= 15 is 0 Å². The lowest BCUT2D eigenvalue weighted by molar-refractivity contribution is 0.0475. The van der Waals surface area contributed by atoms with E-state index in [0.29, 0.717) is 0 Å². The van der Waals surface area contributed by atoms with Crippen LogP contribution in [-0.4, -0.2) is 13.2 Å². The third kappa shape index (κ3) is 2.77. The Morgan fingerprint density at radius 1 is 1.50 bits per heavy atom. The quantitative estimate of drug-likeness (QED) is 0.832. The summed E-state index contributed by atoms with van der Waals surface area (Å²) in [6, 6.07) is 6.18. The molecule has 1 atom stereocenters. The Morgan fingerprint density at radius 3 is 3.19 bits per heavy atom. The van der Waals surface area contributed by atoms with E-state index in [1.165, 1.54) is 5.56 Å². The second kappa shape index (κ2) is 5.69. The molecule has 1 aromatic carbocycles. The maximum Gasteiger partial charge on any atom is 0.126 e. The van der Waals surface area contributed by atoms with Crippen molar-refractivity contribution in [3.63, 3.8) is 0 Å². The van der Waals surface area contributed by atoms with Crippen LogP contribution in [0, 0.1) is 0 Å². The first-order valence-corrected chi connectivity index (χ1v) is 6.64. The summed E-state index contributed by atoms with van der Waals surface area (Å²) in [5, 5.41) is 0. The molecule has 16 heavy (non-hydrogen) atoms. The molecule has 0 radical (unpaired) electrons. The maximum atomic E-state index is 5.88. The highest BCUT2D eigenvalue weighted by Gasteiger charge is 2.20. The van der Waals surface area contributed by atoms with E-state index in [2.05, 4.69) is 35.0 Å². The number of hydrogen-bond acceptors (Lipinski definition) is 2. The fourth-order valence-electron chi connectivity index (χ4n) is 1.94. The van der Waals surface area contributed by atoms with Gasteiger partial charge in [0.15, 0.2) is 0 Å². The van der Waals surface area contributed by atoms with Gasteiger partial charge in [0.1, 0.15) is 5.75 Å². The van der Waals surface area contributed by atoms with Gasteiger partial charge in [0.25, 0.3) is 0 Å². The van der Waals surface area contributed by atoms with Gasteiger partial charge in [-0.05, 0) is 31.4 Å². The van der Waals surface area contributed by atoms with Gasteiger partial charge in [0, 0.05) is 16.6 Å². The smallest absolute Gasteiger partial charge is 0.126 e. The van der Waals surface area contributed by atoms with Crippen molar-refractivity contribution in [2.45, 2.75) is 32.3 Å². The van der Waals surface area contributed by atoms with Gasteiger partial charge in [-0.1, -0.05) is 28.9 Å². The van der Waals surface area contributed by atoms with Crippen LogP contribution >= 0.6 is 15.9 Å². The first-order chi connectivity index (χ1) is 7.81. The van der Waals surface area contributed by atoms with E-state index in [1.807, 2.05) is 6.07 Å². The molecule has 1 aliphatic heterocycles. The molecule has 0 saturated carbocycles. The normalized spacial score (nSPS) is 19.8. The van der Waals surface area contributed by atoms with Crippen LogP contribution in [0.5, 0.6) is 5.75 Å². The van der Waals surface area contributed by atoms with Gasteiger partial charge in [-0.15, -0.1) is 0 Å². The Kier molecular flexibility index (Phi) is 4.24. The summed E-state index contributed by atoms with van der Waals surface area (Å²) in [7, 11) is 0. The summed E-state index contributed by atoms with van der Waals surface area (Å²) in [5.74, 6) is 0.966. The molecule has 2 rings (SSSR count). The van der Waals surface area contributed by atoms with E-state index in [-0.39, 0.29) is 6.10 Å². The molecule has 1 aromatic rings. The average molecular weight is 285 g/mol. The van der Waals surface area contributed by atoms with Crippen LogP contribution in [-0.2, 0) is 4.74 Å². The van der Waals surface area contributed by atoms with Crippen molar-refractivity contribution < 1.29 is 9.47 Å². The Labute approximate surface area is 105 Å². The Bertz CT molecular complexity index is 352. The van der Waals surface area contributed by atoms with Crippen molar-refractivity contribution in [3.8, 4) is 5.75 Å². The molecule has 1 aliphatic rings. The molecule has 1 unspecified atom stereocenters. The molecular weight excluding hydrogens is 268 g/mol. The molecule has 3 heteroatoms. The number of ether oxygens (including phenoxy) is 2. The predicted octanol–water partition coefficient (Wildman–Crippen LogP) is 4.09. The zero-order chi connectivity index (χ0) is 11.4. The van der Waals surface area contributed by atoms with Gasteiger partial charge in [0.05, 0.1) is 12.7 Å². The number of halogens is 1. The van der Waals surface area contributed by atoms with Gasteiger partial charge in [-0.25, -0.2) is 0 Å². The third-order valence-electron chi connectivity index (χ3n) is 2.71. The predicted molar refractivity (Wildman–Crippen MR) is 67.9 cm³/mol. The summed E-state index contributed by atoms with van der Waals surface area (Å²) in [6.45, 7) is 3.74. The van der Waals surface area contributed by atoms with Gasteiger partial charge >= 0.3 is 0 Å². The first kappa shape index (κ1) is 11.9. The van der Waals surface area contributed by atoms with Crippen LogP contribution in [0.4, 0.5) is 0 Å². The first-order valence-electron chi connectivity index (χ1n) is 5.85. The van der Waals surface area contributed by atoms with E-state index in [1.54, 1.807) is 0 Å². The van der Waals surface area contributed by atoms with Crippen LogP contribution < -0.4 is 4.74 Å². The van der Waals surface area contributed by atoms with E-state index in [9.17, 15) is 0 Å². The Morgan fingerprint density at radius 2 is 2.38 bits per heavy atom. The van der Waals surface area contributed by atoms with Crippen LogP contribution in [0.1, 0.15) is 37.9 Å².